The molecule has 2 aromatic carbocycles. The first-order chi connectivity index (χ1) is 9.60. The van der Waals surface area contributed by atoms with Gasteiger partial charge in [-0.15, -0.1) is 0 Å². The van der Waals surface area contributed by atoms with Crippen molar-refractivity contribution in [2.24, 2.45) is 0 Å². The van der Waals surface area contributed by atoms with E-state index in [0.717, 1.165) is 22.9 Å². The molecule has 2 rings (SSSR count). The van der Waals surface area contributed by atoms with Crippen LogP contribution in [0.4, 0.5) is 8.78 Å². The summed E-state index contributed by atoms with van der Waals surface area (Å²) in [5, 5.41) is 3.14. The van der Waals surface area contributed by atoms with Crippen LogP contribution < -0.4 is 10.1 Å². The van der Waals surface area contributed by atoms with Gasteiger partial charge in [-0.05, 0) is 30.2 Å². The molecule has 0 heterocycles. The van der Waals surface area contributed by atoms with Crippen LogP contribution in [0.3, 0.4) is 0 Å². The highest BCUT2D eigenvalue weighted by molar-refractivity contribution is 5.36. The molecular weight excluding hydrogens is 260 g/mol. The van der Waals surface area contributed by atoms with Gasteiger partial charge in [0.2, 0.25) is 0 Å². The number of nitrogens with one attached hydrogen (secondary N) is 1. The summed E-state index contributed by atoms with van der Waals surface area (Å²) in [7, 11) is 1.64. The van der Waals surface area contributed by atoms with Gasteiger partial charge in [0.1, 0.15) is 17.4 Å². The van der Waals surface area contributed by atoms with Crippen LogP contribution in [-0.4, -0.2) is 7.11 Å². The van der Waals surface area contributed by atoms with Crippen molar-refractivity contribution in [1.82, 2.24) is 5.32 Å². The van der Waals surface area contributed by atoms with Crippen molar-refractivity contribution < 1.29 is 13.5 Å². The van der Waals surface area contributed by atoms with Gasteiger partial charge in [0, 0.05) is 24.7 Å². The first-order valence-corrected chi connectivity index (χ1v) is 6.38. The van der Waals surface area contributed by atoms with Crippen molar-refractivity contribution >= 4 is 0 Å². The minimum atomic E-state index is -0.558. The van der Waals surface area contributed by atoms with Gasteiger partial charge in [0.15, 0.2) is 0 Å². The standard InChI is InChI=1S/C16H17F2NO/c1-11-7-12(3-6-16(11)20-2)9-19-10-13-4-5-14(17)8-15(13)18/h3-8,19H,9-10H2,1-2H3. The zero-order valence-electron chi connectivity index (χ0n) is 11.5. The van der Waals surface area contributed by atoms with Crippen molar-refractivity contribution in [3.05, 3.63) is 64.7 Å². The van der Waals surface area contributed by atoms with E-state index < -0.39 is 11.6 Å². The predicted octanol–water partition coefficient (Wildman–Crippen LogP) is 3.57. The zero-order chi connectivity index (χ0) is 14.5. The van der Waals surface area contributed by atoms with Gasteiger partial charge < -0.3 is 10.1 Å². The van der Waals surface area contributed by atoms with Crippen LogP contribution in [0.5, 0.6) is 5.75 Å². The van der Waals surface area contributed by atoms with Crippen molar-refractivity contribution in [3.8, 4) is 5.75 Å². The molecule has 0 saturated carbocycles. The third-order valence-corrected chi connectivity index (χ3v) is 3.12. The molecule has 0 unspecified atom stereocenters. The molecular formula is C16H17F2NO. The minimum Gasteiger partial charge on any atom is -0.496 e. The van der Waals surface area contributed by atoms with Crippen LogP contribution in [0.1, 0.15) is 16.7 Å². The number of benzene rings is 2. The highest BCUT2D eigenvalue weighted by Gasteiger charge is 2.04. The third kappa shape index (κ3) is 3.54. The smallest absolute Gasteiger partial charge is 0.130 e. The molecule has 0 radical (unpaired) electrons. The predicted molar refractivity (Wildman–Crippen MR) is 74.6 cm³/mol. The topological polar surface area (TPSA) is 21.3 Å². The van der Waals surface area contributed by atoms with E-state index in [2.05, 4.69) is 5.32 Å². The molecule has 2 aromatic rings. The van der Waals surface area contributed by atoms with Crippen LogP contribution in [0.2, 0.25) is 0 Å². The summed E-state index contributed by atoms with van der Waals surface area (Å²) in [5.41, 5.74) is 2.60. The van der Waals surface area contributed by atoms with Gasteiger partial charge in [-0.3, -0.25) is 0 Å². The lowest BCUT2D eigenvalue weighted by Gasteiger charge is -2.09. The maximum atomic E-state index is 13.4. The molecule has 0 bridgehead atoms. The maximum absolute atomic E-state index is 13.4. The fraction of sp³-hybridized carbons (Fsp3) is 0.250. The van der Waals surface area contributed by atoms with E-state index in [9.17, 15) is 8.78 Å². The fourth-order valence-corrected chi connectivity index (χ4v) is 2.06. The second-order valence-corrected chi connectivity index (χ2v) is 4.64. The number of halogens is 2. The number of hydrogen-bond donors (Lipinski definition) is 1. The van der Waals surface area contributed by atoms with Gasteiger partial charge in [0.05, 0.1) is 7.11 Å². The second kappa shape index (κ2) is 6.48. The van der Waals surface area contributed by atoms with E-state index >= 15 is 0 Å². The van der Waals surface area contributed by atoms with E-state index in [0.29, 0.717) is 18.7 Å². The highest BCUT2D eigenvalue weighted by Crippen LogP contribution is 2.18. The zero-order valence-corrected chi connectivity index (χ0v) is 11.5. The average Bonchev–Trinajstić information content (AvgIpc) is 2.41. The molecule has 0 saturated heterocycles. The van der Waals surface area contributed by atoms with Gasteiger partial charge in [-0.1, -0.05) is 18.2 Å². The largest absolute Gasteiger partial charge is 0.496 e. The van der Waals surface area contributed by atoms with Gasteiger partial charge >= 0.3 is 0 Å². The van der Waals surface area contributed by atoms with Crippen LogP contribution in [0, 0.1) is 18.6 Å². The van der Waals surface area contributed by atoms with Crippen LogP contribution in [-0.2, 0) is 13.1 Å². The third-order valence-electron chi connectivity index (χ3n) is 3.12. The Morgan fingerprint density at radius 1 is 1.05 bits per heavy atom. The summed E-state index contributed by atoms with van der Waals surface area (Å²) in [4.78, 5) is 0. The molecule has 0 aliphatic carbocycles. The highest BCUT2D eigenvalue weighted by atomic mass is 19.1. The normalized spacial score (nSPS) is 10.6. The molecule has 0 amide bonds. The summed E-state index contributed by atoms with van der Waals surface area (Å²) in [6.45, 7) is 2.95. The fourth-order valence-electron chi connectivity index (χ4n) is 2.06. The summed E-state index contributed by atoms with van der Waals surface area (Å²) in [5.74, 6) is -0.237. The lowest BCUT2D eigenvalue weighted by molar-refractivity contribution is 0.411. The number of aryl methyl sites for hydroxylation is 1. The number of hydrogen-bond acceptors (Lipinski definition) is 2. The summed E-state index contributed by atoms with van der Waals surface area (Å²) < 4.78 is 31.4. The number of ether oxygens (including phenoxy) is 1. The van der Waals surface area contributed by atoms with E-state index in [-0.39, 0.29) is 0 Å². The molecule has 20 heavy (non-hydrogen) atoms. The molecule has 0 atom stereocenters. The SMILES string of the molecule is COc1ccc(CNCc2ccc(F)cc2F)cc1C. The van der Waals surface area contributed by atoms with Gasteiger partial charge in [0.25, 0.3) is 0 Å². The Kier molecular flexibility index (Phi) is 4.69. The quantitative estimate of drug-likeness (QED) is 0.902. The molecule has 4 heteroatoms. The molecule has 106 valence electrons. The van der Waals surface area contributed by atoms with Crippen LogP contribution in [0.15, 0.2) is 36.4 Å². The molecule has 2 nitrogen and oxygen atoms in total. The summed E-state index contributed by atoms with van der Waals surface area (Å²) >= 11 is 0. The van der Waals surface area contributed by atoms with E-state index in [1.54, 1.807) is 7.11 Å². The van der Waals surface area contributed by atoms with Crippen LogP contribution >= 0.6 is 0 Å². The summed E-state index contributed by atoms with van der Waals surface area (Å²) in [6, 6.07) is 9.50. The minimum absolute atomic E-state index is 0.358. The maximum Gasteiger partial charge on any atom is 0.130 e. The van der Waals surface area contributed by atoms with E-state index in [1.165, 1.54) is 12.1 Å². The summed E-state index contributed by atoms with van der Waals surface area (Å²) in [6.07, 6.45) is 0. The first-order valence-electron chi connectivity index (χ1n) is 6.38. The van der Waals surface area contributed by atoms with Gasteiger partial charge in [-0.25, -0.2) is 8.78 Å². The second-order valence-electron chi connectivity index (χ2n) is 4.64. The number of rotatable bonds is 5. The van der Waals surface area contributed by atoms with Crippen molar-refractivity contribution in [3.63, 3.8) is 0 Å². The Morgan fingerprint density at radius 2 is 1.85 bits per heavy atom. The Morgan fingerprint density at radius 3 is 2.50 bits per heavy atom. The lowest BCUT2D eigenvalue weighted by atomic mass is 10.1. The Bertz CT molecular complexity index is 599. The van der Waals surface area contributed by atoms with Crippen LogP contribution in [0.25, 0.3) is 0 Å². The van der Waals surface area contributed by atoms with Gasteiger partial charge in [-0.2, -0.15) is 0 Å². The Hall–Kier alpha value is -1.94. The van der Waals surface area contributed by atoms with Crippen molar-refractivity contribution in [2.45, 2.75) is 20.0 Å². The molecule has 0 spiro atoms. The van der Waals surface area contributed by atoms with E-state index in [4.69, 9.17) is 4.74 Å². The first kappa shape index (κ1) is 14.5. The molecule has 0 aliphatic rings. The Balaban J connectivity index is 1.94. The number of methoxy groups -OCH3 is 1. The molecule has 0 fully saturated rings. The van der Waals surface area contributed by atoms with Crippen molar-refractivity contribution in [2.75, 3.05) is 7.11 Å². The molecule has 0 aliphatic heterocycles. The van der Waals surface area contributed by atoms with Crippen molar-refractivity contribution in [1.29, 1.82) is 0 Å². The average molecular weight is 277 g/mol. The van der Waals surface area contributed by atoms with E-state index in [1.807, 2.05) is 25.1 Å². The molecule has 1 N–H and O–H groups in total. The lowest BCUT2D eigenvalue weighted by Crippen LogP contribution is -2.14. The Labute approximate surface area is 117 Å². The molecule has 0 aromatic heterocycles. The monoisotopic (exact) mass is 277 g/mol.